The minimum Gasteiger partial charge on any atom is -0.377 e. The van der Waals surface area contributed by atoms with Gasteiger partial charge in [-0.15, -0.1) is 11.6 Å². The summed E-state index contributed by atoms with van der Waals surface area (Å²) >= 11 is 5.73. The van der Waals surface area contributed by atoms with Gasteiger partial charge in [0.05, 0.1) is 37.0 Å². The molecule has 82 valence electrons. The van der Waals surface area contributed by atoms with Gasteiger partial charge in [-0.1, -0.05) is 0 Å². The molecular weight excluding hydrogens is 214 g/mol. The van der Waals surface area contributed by atoms with Crippen LogP contribution in [-0.2, 0) is 10.6 Å². The number of hydrogen-bond acceptors (Lipinski definition) is 4. The Morgan fingerprint density at radius 1 is 1.60 bits per heavy atom. The quantitative estimate of drug-likeness (QED) is 0.717. The van der Waals surface area contributed by atoms with Crippen molar-refractivity contribution in [3.63, 3.8) is 0 Å². The van der Waals surface area contributed by atoms with Gasteiger partial charge in [0, 0.05) is 12.7 Å². The van der Waals surface area contributed by atoms with Crippen molar-refractivity contribution in [1.29, 1.82) is 0 Å². The van der Waals surface area contributed by atoms with E-state index in [9.17, 15) is 0 Å². The first-order valence-electron chi connectivity index (χ1n) is 5.02. The normalized spacial score (nSPS) is 21.7. The molecule has 0 amide bonds. The lowest BCUT2D eigenvalue weighted by atomic mass is 10.2. The van der Waals surface area contributed by atoms with Crippen LogP contribution in [0.1, 0.15) is 12.6 Å². The summed E-state index contributed by atoms with van der Waals surface area (Å²) in [7, 11) is 0. The maximum atomic E-state index is 5.73. The van der Waals surface area contributed by atoms with E-state index in [4.69, 9.17) is 16.3 Å². The van der Waals surface area contributed by atoms with Crippen LogP contribution in [0.15, 0.2) is 12.4 Å². The molecular formula is C10H14ClN3O. The fraction of sp³-hybridized carbons (Fsp3) is 0.600. The molecule has 15 heavy (non-hydrogen) atoms. The zero-order valence-corrected chi connectivity index (χ0v) is 9.44. The van der Waals surface area contributed by atoms with Gasteiger partial charge in [0.1, 0.15) is 5.82 Å². The van der Waals surface area contributed by atoms with Crippen LogP contribution in [0.3, 0.4) is 0 Å². The number of halogens is 1. The van der Waals surface area contributed by atoms with Crippen LogP contribution in [0, 0.1) is 0 Å². The summed E-state index contributed by atoms with van der Waals surface area (Å²) in [6.45, 7) is 4.47. The Balaban J connectivity index is 2.19. The zero-order chi connectivity index (χ0) is 10.7. The predicted octanol–water partition coefficient (Wildman–Crippen LogP) is 1.44. The highest BCUT2D eigenvalue weighted by Gasteiger charge is 2.20. The van der Waals surface area contributed by atoms with E-state index in [1.54, 1.807) is 12.4 Å². The molecule has 1 aliphatic rings. The van der Waals surface area contributed by atoms with E-state index in [1.807, 2.05) is 0 Å². The maximum absolute atomic E-state index is 5.73. The SMILES string of the molecule is CC1COCCN1c1cncc(CCl)n1. The minimum absolute atomic E-state index is 0.346. The summed E-state index contributed by atoms with van der Waals surface area (Å²) in [6, 6.07) is 0.346. The van der Waals surface area contributed by atoms with E-state index in [0.29, 0.717) is 11.9 Å². The monoisotopic (exact) mass is 227 g/mol. The van der Waals surface area contributed by atoms with Gasteiger partial charge < -0.3 is 9.64 Å². The average molecular weight is 228 g/mol. The Bertz CT molecular complexity index is 334. The van der Waals surface area contributed by atoms with Crippen molar-refractivity contribution in [3.05, 3.63) is 18.1 Å². The van der Waals surface area contributed by atoms with Gasteiger partial charge in [0.2, 0.25) is 0 Å². The van der Waals surface area contributed by atoms with Gasteiger partial charge in [-0.2, -0.15) is 0 Å². The van der Waals surface area contributed by atoms with Crippen LogP contribution < -0.4 is 4.90 Å². The van der Waals surface area contributed by atoms with Crippen molar-refractivity contribution >= 4 is 17.4 Å². The molecule has 1 aromatic rings. The second-order valence-corrected chi connectivity index (χ2v) is 3.89. The zero-order valence-electron chi connectivity index (χ0n) is 8.69. The lowest BCUT2D eigenvalue weighted by Crippen LogP contribution is -2.44. The van der Waals surface area contributed by atoms with Gasteiger partial charge in [0.15, 0.2) is 0 Å². The second kappa shape index (κ2) is 4.77. The second-order valence-electron chi connectivity index (χ2n) is 3.62. The molecule has 0 saturated carbocycles. The molecule has 2 rings (SSSR count). The maximum Gasteiger partial charge on any atom is 0.147 e. The molecule has 1 aliphatic heterocycles. The number of morpholine rings is 1. The molecule has 0 aromatic carbocycles. The summed E-state index contributed by atoms with van der Waals surface area (Å²) in [5.74, 6) is 1.29. The minimum atomic E-state index is 0.346. The van der Waals surface area contributed by atoms with Crippen LogP contribution in [-0.4, -0.2) is 35.8 Å². The predicted molar refractivity (Wildman–Crippen MR) is 59.2 cm³/mol. The summed E-state index contributed by atoms with van der Waals surface area (Å²) in [6.07, 6.45) is 3.47. The van der Waals surface area contributed by atoms with Crippen molar-refractivity contribution in [2.24, 2.45) is 0 Å². The average Bonchev–Trinajstić information content (AvgIpc) is 2.30. The summed E-state index contributed by atoms with van der Waals surface area (Å²) in [4.78, 5) is 10.8. The third-order valence-corrected chi connectivity index (χ3v) is 2.74. The number of ether oxygens (including phenoxy) is 1. The van der Waals surface area contributed by atoms with Crippen LogP contribution in [0.2, 0.25) is 0 Å². The van der Waals surface area contributed by atoms with Crippen LogP contribution in [0.4, 0.5) is 5.82 Å². The Kier molecular flexibility index (Phi) is 3.38. The molecule has 5 heteroatoms. The lowest BCUT2D eigenvalue weighted by Gasteiger charge is -2.34. The number of rotatable bonds is 2. The topological polar surface area (TPSA) is 38.2 Å². The van der Waals surface area contributed by atoms with Crippen LogP contribution in [0.5, 0.6) is 0 Å². The smallest absolute Gasteiger partial charge is 0.147 e. The fourth-order valence-electron chi connectivity index (χ4n) is 1.67. The molecule has 1 unspecified atom stereocenters. The van der Waals surface area contributed by atoms with Crippen molar-refractivity contribution in [2.45, 2.75) is 18.8 Å². The van der Waals surface area contributed by atoms with Gasteiger partial charge in [-0.05, 0) is 6.92 Å². The first kappa shape index (κ1) is 10.6. The first-order valence-corrected chi connectivity index (χ1v) is 5.56. The summed E-state index contributed by atoms with van der Waals surface area (Å²) in [5.41, 5.74) is 0.813. The van der Waals surface area contributed by atoms with Crippen molar-refractivity contribution < 1.29 is 4.74 Å². The van der Waals surface area contributed by atoms with Crippen LogP contribution in [0.25, 0.3) is 0 Å². The Hall–Kier alpha value is -0.870. The van der Waals surface area contributed by atoms with Crippen molar-refractivity contribution in [2.75, 3.05) is 24.7 Å². The van der Waals surface area contributed by atoms with Crippen molar-refractivity contribution in [3.8, 4) is 0 Å². The van der Waals surface area contributed by atoms with Crippen LogP contribution >= 0.6 is 11.6 Å². The summed E-state index contributed by atoms with van der Waals surface area (Å²) in [5, 5.41) is 0. The molecule has 1 atom stereocenters. The molecule has 0 aliphatic carbocycles. The van der Waals surface area contributed by atoms with Crippen molar-refractivity contribution in [1.82, 2.24) is 9.97 Å². The molecule has 2 heterocycles. The van der Waals surface area contributed by atoms with E-state index >= 15 is 0 Å². The highest BCUT2D eigenvalue weighted by atomic mass is 35.5. The number of anilines is 1. The van der Waals surface area contributed by atoms with E-state index in [0.717, 1.165) is 31.3 Å². The Morgan fingerprint density at radius 2 is 2.47 bits per heavy atom. The van der Waals surface area contributed by atoms with E-state index in [2.05, 4.69) is 21.8 Å². The molecule has 1 aromatic heterocycles. The molecule has 1 fully saturated rings. The number of hydrogen-bond donors (Lipinski definition) is 0. The molecule has 0 N–H and O–H groups in total. The molecule has 0 spiro atoms. The van der Waals surface area contributed by atoms with E-state index in [1.165, 1.54) is 0 Å². The lowest BCUT2D eigenvalue weighted by molar-refractivity contribution is 0.0985. The highest BCUT2D eigenvalue weighted by Crippen LogP contribution is 2.16. The third-order valence-electron chi connectivity index (χ3n) is 2.47. The summed E-state index contributed by atoms with van der Waals surface area (Å²) < 4.78 is 5.37. The third kappa shape index (κ3) is 2.38. The molecule has 4 nitrogen and oxygen atoms in total. The molecule has 0 bridgehead atoms. The Labute approximate surface area is 94.2 Å². The van der Waals surface area contributed by atoms with E-state index in [-0.39, 0.29) is 0 Å². The highest BCUT2D eigenvalue weighted by molar-refractivity contribution is 6.16. The van der Waals surface area contributed by atoms with Gasteiger partial charge in [-0.3, -0.25) is 4.98 Å². The fourth-order valence-corrected chi connectivity index (χ4v) is 1.79. The van der Waals surface area contributed by atoms with Gasteiger partial charge >= 0.3 is 0 Å². The number of alkyl halides is 1. The first-order chi connectivity index (χ1) is 7.31. The van der Waals surface area contributed by atoms with Gasteiger partial charge in [0.25, 0.3) is 0 Å². The standard InChI is InChI=1S/C10H14ClN3O/c1-8-7-15-3-2-14(8)10-6-12-5-9(4-11)13-10/h5-6,8H,2-4,7H2,1H3. The largest absolute Gasteiger partial charge is 0.377 e. The molecule has 0 radical (unpaired) electrons. The van der Waals surface area contributed by atoms with E-state index < -0.39 is 0 Å². The molecule has 1 saturated heterocycles. The Morgan fingerprint density at radius 3 is 3.20 bits per heavy atom. The number of aromatic nitrogens is 2. The van der Waals surface area contributed by atoms with Gasteiger partial charge in [-0.25, -0.2) is 4.98 Å². The number of nitrogens with zero attached hydrogens (tertiary/aromatic N) is 3.